The van der Waals surface area contributed by atoms with E-state index in [1.165, 1.54) is 21.3 Å². The van der Waals surface area contributed by atoms with Gasteiger partial charge >= 0.3 is 0 Å². The van der Waals surface area contributed by atoms with Crippen LogP contribution in [0, 0.1) is 13.8 Å². The van der Waals surface area contributed by atoms with E-state index in [2.05, 4.69) is 10.4 Å². The highest BCUT2D eigenvalue weighted by Crippen LogP contribution is 2.40. The predicted molar refractivity (Wildman–Crippen MR) is 111 cm³/mol. The van der Waals surface area contributed by atoms with E-state index in [1.54, 1.807) is 12.1 Å². The van der Waals surface area contributed by atoms with Crippen LogP contribution in [0.4, 0.5) is 5.69 Å². The molecule has 2 aromatic carbocycles. The molecule has 1 amide bonds. The summed E-state index contributed by atoms with van der Waals surface area (Å²) in [5, 5.41) is 7.46. The number of aryl methyl sites for hydroxylation is 1. The zero-order valence-corrected chi connectivity index (χ0v) is 17.3. The Morgan fingerprint density at radius 2 is 1.62 bits per heavy atom. The first-order valence-corrected chi connectivity index (χ1v) is 9.17. The number of amides is 1. The fourth-order valence-electron chi connectivity index (χ4n) is 3.28. The molecular formula is C22H25N3O4. The van der Waals surface area contributed by atoms with Gasteiger partial charge in [-0.15, -0.1) is 0 Å². The third-order valence-electron chi connectivity index (χ3n) is 4.71. The lowest BCUT2D eigenvalue weighted by Crippen LogP contribution is -2.14. The normalized spacial score (nSPS) is 10.5. The molecule has 0 aliphatic heterocycles. The molecule has 3 aromatic rings. The fourth-order valence-corrected chi connectivity index (χ4v) is 3.28. The van der Waals surface area contributed by atoms with E-state index in [1.807, 2.05) is 48.9 Å². The van der Waals surface area contributed by atoms with Crippen LogP contribution in [0.2, 0.25) is 0 Å². The van der Waals surface area contributed by atoms with Crippen molar-refractivity contribution >= 4 is 11.6 Å². The zero-order chi connectivity index (χ0) is 21.0. The molecule has 0 radical (unpaired) electrons. The van der Waals surface area contributed by atoms with E-state index < -0.39 is 0 Å². The van der Waals surface area contributed by atoms with E-state index in [0.717, 1.165) is 11.3 Å². The summed E-state index contributed by atoms with van der Waals surface area (Å²) in [7, 11) is 4.60. The van der Waals surface area contributed by atoms with E-state index in [-0.39, 0.29) is 5.91 Å². The van der Waals surface area contributed by atoms with Gasteiger partial charge in [-0.2, -0.15) is 5.10 Å². The fraction of sp³-hybridized carbons (Fsp3) is 0.273. The maximum atomic E-state index is 13.0. The first kappa shape index (κ1) is 20.3. The predicted octanol–water partition coefficient (Wildman–Crippen LogP) is 3.83. The zero-order valence-electron chi connectivity index (χ0n) is 17.3. The molecule has 0 fully saturated rings. The van der Waals surface area contributed by atoms with Crippen molar-refractivity contribution in [2.24, 2.45) is 0 Å². The SMILES string of the molecule is COc1cc(NC(=O)c2c(C)nn(Cc3ccccc3)c2C)cc(OC)c1OC. The van der Waals surface area contributed by atoms with Gasteiger partial charge < -0.3 is 19.5 Å². The van der Waals surface area contributed by atoms with Crippen LogP contribution in [-0.2, 0) is 6.54 Å². The third-order valence-corrected chi connectivity index (χ3v) is 4.71. The van der Waals surface area contributed by atoms with Crippen molar-refractivity contribution in [1.82, 2.24) is 9.78 Å². The van der Waals surface area contributed by atoms with Gasteiger partial charge in [0.15, 0.2) is 11.5 Å². The first-order chi connectivity index (χ1) is 14.0. The molecule has 0 bridgehead atoms. The highest BCUT2D eigenvalue weighted by Gasteiger charge is 2.20. The molecular weight excluding hydrogens is 370 g/mol. The Bertz CT molecular complexity index is 987. The number of nitrogens with one attached hydrogen (secondary N) is 1. The van der Waals surface area contributed by atoms with E-state index >= 15 is 0 Å². The second-order valence-corrected chi connectivity index (χ2v) is 6.56. The highest BCUT2D eigenvalue weighted by molar-refractivity contribution is 6.06. The minimum absolute atomic E-state index is 0.242. The summed E-state index contributed by atoms with van der Waals surface area (Å²) in [5.74, 6) is 1.16. The number of carbonyl (C=O) groups is 1. The first-order valence-electron chi connectivity index (χ1n) is 9.17. The number of anilines is 1. The molecule has 152 valence electrons. The molecule has 0 spiro atoms. The monoisotopic (exact) mass is 395 g/mol. The Hall–Kier alpha value is -3.48. The average molecular weight is 395 g/mol. The van der Waals surface area contributed by atoms with Crippen LogP contribution in [0.15, 0.2) is 42.5 Å². The molecule has 0 atom stereocenters. The number of ether oxygens (including phenoxy) is 3. The molecule has 0 saturated heterocycles. The Labute approximate surface area is 170 Å². The van der Waals surface area contributed by atoms with Crippen LogP contribution in [-0.4, -0.2) is 37.0 Å². The van der Waals surface area contributed by atoms with E-state index in [9.17, 15) is 4.79 Å². The summed E-state index contributed by atoms with van der Waals surface area (Å²) in [5.41, 5.74) is 3.68. The van der Waals surface area contributed by atoms with Crippen molar-refractivity contribution in [1.29, 1.82) is 0 Å². The van der Waals surface area contributed by atoms with Gasteiger partial charge in [0, 0.05) is 23.5 Å². The van der Waals surface area contributed by atoms with Gasteiger partial charge in [0.1, 0.15) is 0 Å². The molecule has 1 heterocycles. The van der Waals surface area contributed by atoms with Gasteiger partial charge in [0.25, 0.3) is 5.91 Å². The average Bonchev–Trinajstić information content (AvgIpc) is 3.00. The van der Waals surface area contributed by atoms with Gasteiger partial charge in [0.05, 0.1) is 39.1 Å². The van der Waals surface area contributed by atoms with Crippen molar-refractivity contribution < 1.29 is 19.0 Å². The lowest BCUT2D eigenvalue weighted by atomic mass is 10.1. The third kappa shape index (κ3) is 4.18. The molecule has 3 rings (SSSR count). The number of hydrogen-bond donors (Lipinski definition) is 1. The van der Waals surface area contributed by atoms with Crippen LogP contribution in [0.1, 0.15) is 27.3 Å². The standard InChI is InChI=1S/C22H25N3O4/c1-14-20(15(2)25(24-14)13-16-9-7-6-8-10-16)22(26)23-17-11-18(27-3)21(29-5)19(12-17)28-4/h6-12H,13H2,1-5H3,(H,23,26). The quantitative estimate of drug-likeness (QED) is 0.658. The van der Waals surface area contributed by atoms with Crippen LogP contribution in [0.5, 0.6) is 17.2 Å². The lowest BCUT2D eigenvalue weighted by molar-refractivity contribution is 0.102. The Kier molecular flexibility index (Phi) is 6.07. The molecule has 0 aliphatic carbocycles. The van der Waals surface area contributed by atoms with E-state index in [4.69, 9.17) is 14.2 Å². The van der Waals surface area contributed by atoms with Crippen molar-refractivity contribution in [2.45, 2.75) is 20.4 Å². The second kappa shape index (κ2) is 8.68. The molecule has 1 aromatic heterocycles. The Balaban J connectivity index is 1.88. The van der Waals surface area contributed by atoms with E-state index in [0.29, 0.717) is 40.7 Å². The number of benzene rings is 2. The molecule has 1 N–H and O–H groups in total. The molecule has 29 heavy (non-hydrogen) atoms. The van der Waals surface area contributed by atoms with Crippen molar-refractivity contribution in [3.8, 4) is 17.2 Å². The summed E-state index contributed by atoms with van der Waals surface area (Å²) in [4.78, 5) is 13.0. The maximum Gasteiger partial charge on any atom is 0.259 e. The summed E-state index contributed by atoms with van der Waals surface area (Å²) >= 11 is 0. The molecule has 0 unspecified atom stereocenters. The van der Waals surface area contributed by atoms with Gasteiger partial charge in [-0.3, -0.25) is 9.48 Å². The largest absolute Gasteiger partial charge is 0.493 e. The number of rotatable bonds is 7. The van der Waals surface area contributed by atoms with Crippen LogP contribution in [0.25, 0.3) is 0 Å². The second-order valence-electron chi connectivity index (χ2n) is 6.56. The molecule has 7 nitrogen and oxygen atoms in total. The minimum Gasteiger partial charge on any atom is -0.493 e. The minimum atomic E-state index is -0.242. The smallest absolute Gasteiger partial charge is 0.259 e. The van der Waals surface area contributed by atoms with Gasteiger partial charge in [0.2, 0.25) is 5.75 Å². The summed E-state index contributed by atoms with van der Waals surface area (Å²) in [6, 6.07) is 13.4. The van der Waals surface area contributed by atoms with Gasteiger partial charge in [-0.25, -0.2) is 0 Å². The number of nitrogens with zero attached hydrogens (tertiary/aromatic N) is 2. The van der Waals surface area contributed by atoms with Crippen molar-refractivity contribution in [3.05, 3.63) is 65.0 Å². The lowest BCUT2D eigenvalue weighted by Gasteiger charge is -2.14. The summed E-state index contributed by atoms with van der Waals surface area (Å²) in [6.45, 7) is 4.33. The van der Waals surface area contributed by atoms with Crippen LogP contribution >= 0.6 is 0 Å². The molecule has 0 saturated carbocycles. The van der Waals surface area contributed by atoms with Crippen LogP contribution in [0.3, 0.4) is 0 Å². The Morgan fingerprint density at radius 1 is 1.00 bits per heavy atom. The number of carbonyl (C=O) groups excluding carboxylic acids is 1. The summed E-state index contributed by atoms with van der Waals surface area (Å²) < 4.78 is 17.9. The van der Waals surface area contributed by atoms with Gasteiger partial charge in [-0.1, -0.05) is 30.3 Å². The van der Waals surface area contributed by atoms with Gasteiger partial charge in [-0.05, 0) is 19.4 Å². The summed E-state index contributed by atoms with van der Waals surface area (Å²) in [6.07, 6.45) is 0. The number of hydrogen-bond acceptors (Lipinski definition) is 5. The maximum absolute atomic E-state index is 13.0. The van der Waals surface area contributed by atoms with Crippen LogP contribution < -0.4 is 19.5 Å². The Morgan fingerprint density at radius 3 is 2.17 bits per heavy atom. The van der Waals surface area contributed by atoms with Crippen molar-refractivity contribution in [3.63, 3.8) is 0 Å². The molecule has 7 heteroatoms. The molecule has 0 aliphatic rings. The topological polar surface area (TPSA) is 74.6 Å². The number of methoxy groups -OCH3 is 3. The highest BCUT2D eigenvalue weighted by atomic mass is 16.5. The van der Waals surface area contributed by atoms with Crippen molar-refractivity contribution in [2.75, 3.05) is 26.6 Å². The number of aromatic nitrogens is 2.